The first-order chi connectivity index (χ1) is 5.70. The van der Waals surface area contributed by atoms with Crippen molar-refractivity contribution in [3.05, 3.63) is 0 Å². The Morgan fingerprint density at radius 3 is 2.85 bits per heavy atom. The molecule has 1 N–H and O–H groups in total. The van der Waals surface area contributed by atoms with Gasteiger partial charge in [0.25, 0.3) is 0 Å². The Bertz CT molecular complexity index is 212. The zero-order chi connectivity index (χ0) is 8.72. The van der Waals surface area contributed by atoms with Gasteiger partial charge in [0.1, 0.15) is 0 Å². The summed E-state index contributed by atoms with van der Waals surface area (Å²) < 4.78 is 0. The van der Waals surface area contributed by atoms with Crippen molar-refractivity contribution in [2.45, 2.75) is 37.5 Å². The first-order valence-electron chi connectivity index (χ1n) is 4.35. The van der Waals surface area contributed by atoms with Gasteiger partial charge in [0.05, 0.1) is 18.1 Å². The van der Waals surface area contributed by atoms with Crippen LogP contribution in [0, 0.1) is 0 Å². The number of carboxylic acid groups (broad SMARTS) is 1. The molecule has 2 rings (SSSR count). The van der Waals surface area contributed by atoms with Crippen molar-refractivity contribution >= 4 is 5.97 Å². The Labute approximate surface area is 99.2 Å². The molecule has 0 aromatic carbocycles. The fourth-order valence-corrected chi connectivity index (χ4v) is 2.37. The molecule has 68 valence electrons. The molecule has 0 aliphatic carbocycles. The molecule has 2 unspecified atom stereocenters. The molecule has 4 nitrogen and oxygen atoms in total. The molecule has 2 saturated heterocycles. The van der Waals surface area contributed by atoms with Crippen LogP contribution in [0.25, 0.3) is 0 Å². The second kappa shape index (κ2) is 4.28. The number of aliphatic carboxylic acids is 1. The number of carboxylic acids is 1. The van der Waals surface area contributed by atoms with Crippen molar-refractivity contribution in [3.8, 4) is 0 Å². The van der Waals surface area contributed by atoms with E-state index in [9.17, 15) is 15.0 Å². The van der Waals surface area contributed by atoms with Crippen molar-refractivity contribution in [2.75, 3.05) is 6.54 Å². The van der Waals surface area contributed by atoms with Crippen LogP contribution >= 0.6 is 0 Å². The van der Waals surface area contributed by atoms with Crippen molar-refractivity contribution in [1.82, 2.24) is 4.90 Å². The summed E-state index contributed by atoms with van der Waals surface area (Å²) in [6.07, 6.45) is 1.79. The minimum Gasteiger partial charge on any atom is -0.548 e. The Morgan fingerprint density at radius 2 is 2.23 bits per heavy atom. The standard InChI is InChI=1S/C8H13NO3.Na/c10-7-4-6(8(11)12)9-3-1-2-5(7)9;/h5-7,10H,1-4H2,(H,11,12);/q;+1/p-1/t5-,6?,7?;/m1./s1. The SMILES string of the molecule is O=C([O-])C1CC(O)[C@H]2CCCN12.[Na+]. The minimum absolute atomic E-state index is 0. The van der Waals surface area contributed by atoms with E-state index >= 15 is 0 Å². The number of fused-ring (bicyclic) bond motifs is 1. The quantitative estimate of drug-likeness (QED) is 0.425. The fraction of sp³-hybridized carbons (Fsp3) is 0.875. The summed E-state index contributed by atoms with van der Waals surface area (Å²) in [4.78, 5) is 12.5. The largest absolute Gasteiger partial charge is 1.00 e. The molecular formula is C8H12NNaO3. The van der Waals surface area contributed by atoms with Crippen LogP contribution < -0.4 is 34.7 Å². The monoisotopic (exact) mass is 193 g/mol. The third kappa shape index (κ3) is 1.92. The van der Waals surface area contributed by atoms with Gasteiger partial charge in [-0.15, -0.1) is 0 Å². The molecule has 0 saturated carbocycles. The summed E-state index contributed by atoms with van der Waals surface area (Å²) in [6.45, 7) is 0.792. The number of nitrogens with zero attached hydrogens (tertiary/aromatic N) is 1. The number of carbonyl (C=O) groups excluding carboxylic acids is 1. The van der Waals surface area contributed by atoms with E-state index < -0.39 is 18.1 Å². The molecule has 3 atom stereocenters. The molecule has 0 aromatic rings. The van der Waals surface area contributed by atoms with Crippen molar-refractivity contribution < 1.29 is 44.6 Å². The Balaban J connectivity index is 0.000000845. The fourth-order valence-electron chi connectivity index (χ4n) is 2.37. The summed E-state index contributed by atoms with van der Waals surface area (Å²) in [5, 5.41) is 20.1. The second-order valence-electron chi connectivity index (χ2n) is 3.59. The number of aliphatic hydroxyl groups is 1. The van der Waals surface area contributed by atoms with Crippen molar-refractivity contribution in [2.24, 2.45) is 0 Å². The number of aliphatic hydroxyl groups excluding tert-OH is 1. The number of rotatable bonds is 1. The van der Waals surface area contributed by atoms with E-state index in [2.05, 4.69) is 0 Å². The molecule has 13 heavy (non-hydrogen) atoms. The zero-order valence-corrected chi connectivity index (χ0v) is 9.77. The molecule has 2 fully saturated rings. The molecule has 2 aliphatic rings. The van der Waals surface area contributed by atoms with Gasteiger partial charge < -0.3 is 15.0 Å². The molecule has 0 amide bonds. The summed E-state index contributed by atoms with van der Waals surface area (Å²) in [5.74, 6) is -1.04. The normalized spacial score (nSPS) is 38.4. The summed E-state index contributed by atoms with van der Waals surface area (Å²) >= 11 is 0. The molecule has 0 aromatic heterocycles. The molecule has 0 radical (unpaired) electrons. The van der Waals surface area contributed by atoms with Crippen LogP contribution in [-0.2, 0) is 4.79 Å². The van der Waals surface area contributed by atoms with Gasteiger partial charge in [-0.2, -0.15) is 0 Å². The van der Waals surface area contributed by atoms with Crippen molar-refractivity contribution in [1.29, 1.82) is 0 Å². The van der Waals surface area contributed by atoms with E-state index in [1.165, 1.54) is 0 Å². The summed E-state index contributed by atoms with van der Waals surface area (Å²) in [7, 11) is 0. The zero-order valence-electron chi connectivity index (χ0n) is 7.77. The molecular weight excluding hydrogens is 181 g/mol. The summed E-state index contributed by atoms with van der Waals surface area (Å²) in [5.41, 5.74) is 0. The number of hydrogen-bond acceptors (Lipinski definition) is 4. The van der Waals surface area contributed by atoms with E-state index in [-0.39, 0.29) is 35.6 Å². The predicted octanol–water partition coefficient (Wildman–Crippen LogP) is -4.66. The van der Waals surface area contributed by atoms with E-state index in [4.69, 9.17) is 0 Å². The third-order valence-electron chi connectivity index (χ3n) is 2.92. The van der Waals surface area contributed by atoms with Gasteiger partial charge in [-0.1, -0.05) is 0 Å². The van der Waals surface area contributed by atoms with Crippen LogP contribution in [0.3, 0.4) is 0 Å². The van der Waals surface area contributed by atoms with E-state index in [0.717, 1.165) is 19.4 Å². The summed E-state index contributed by atoms with van der Waals surface area (Å²) in [6, 6.07) is -0.472. The first-order valence-corrected chi connectivity index (χ1v) is 4.35. The van der Waals surface area contributed by atoms with Gasteiger partial charge in [0.2, 0.25) is 0 Å². The average molecular weight is 193 g/mol. The number of hydrogen-bond donors (Lipinski definition) is 1. The predicted molar refractivity (Wildman–Crippen MR) is 39.1 cm³/mol. The van der Waals surface area contributed by atoms with E-state index in [1.54, 1.807) is 0 Å². The van der Waals surface area contributed by atoms with Gasteiger partial charge in [-0.05, 0) is 25.8 Å². The Hall–Kier alpha value is 0.390. The second-order valence-corrected chi connectivity index (χ2v) is 3.59. The maximum Gasteiger partial charge on any atom is 1.00 e. The Morgan fingerprint density at radius 1 is 1.54 bits per heavy atom. The minimum atomic E-state index is -1.04. The van der Waals surface area contributed by atoms with E-state index in [1.807, 2.05) is 4.90 Å². The third-order valence-corrected chi connectivity index (χ3v) is 2.92. The van der Waals surface area contributed by atoms with Crippen LogP contribution in [0.15, 0.2) is 0 Å². The first kappa shape index (κ1) is 11.5. The van der Waals surface area contributed by atoms with Crippen molar-refractivity contribution in [3.63, 3.8) is 0 Å². The molecule has 0 spiro atoms. The van der Waals surface area contributed by atoms with Gasteiger partial charge >= 0.3 is 29.6 Å². The van der Waals surface area contributed by atoms with Crippen LogP contribution in [-0.4, -0.2) is 40.7 Å². The molecule has 2 heterocycles. The molecule has 0 bridgehead atoms. The van der Waals surface area contributed by atoms with Crippen LogP contribution in [0.1, 0.15) is 19.3 Å². The maximum absolute atomic E-state index is 10.6. The average Bonchev–Trinajstić information content (AvgIpc) is 2.53. The molecule has 5 heteroatoms. The van der Waals surface area contributed by atoms with Crippen LogP contribution in [0.4, 0.5) is 0 Å². The van der Waals surface area contributed by atoms with Crippen LogP contribution in [0.2, 0.25) is 0 Å². The van der Waals surface area contributed by atoms with Gasteiger partial charge in [-0.3, -0.25) is 4.90 Å². The van der Waals surface area contributed by atoms with E-state index in [0.29, 0.717) is 6.42 Å². The van der Waals surface area contributed by atoms with Gasteiger partial charge in [-0.25, -0.2) is 0 Å². The van der Waals surface area contributed by atoms with Crippen LogP contribution in [0.5, 0.6) is 0 Å². The Kier molecular flexibility index (Phi) is 3.77. The maximum atomic E-state index is 10.6. The smallest absolute Gasteiger partial charge is 0.548 e. The van der Waals surface area contributed by atoms with Gasteiger partial charge in [0, 0.05) is 6.04 Å². The van der Waals surface area contributed by atoms with Gasteiger partial charge in [0.15, 0.2) is 0 Å². The molecule has 2 aliphatic heterocycles. The number of carbonyl (C=O) groups is 1. The topological polar surface area (TPSA) is 63.6 Å².